The van der Waals surface area contributed by atoms with Gasteiger partial charge in [-0.25, -0.2) is 0 Å². The highest BCUT2D eigenvalue weighted by Crippen LogP contribution is 2.28. The molecule has 0 aromatic heterocycles. The van der Waals surface area contributed by atoms with Crippen molar-refractivity contribution < 1.29 is 9.59 Å². The molecule has 0 fully saturated rings. The highest BCUT2D eigenvalue weighted by atomic mass is 16.2. The fraction of sp³-hybridized carbons (Fsp3) is 0.167. The molecule has 3 aromatic rings. The summed E-state index contributed by atoms with van der Waals surface area (Å²) >= 11 is 0. The summed E-state index contributed by atoms with van der Waals surface area (Å²) in [5, 5.41) is 0. The molecule has 0 saturated heterocycles. The van der Waals surface area contributed by atoms with Crippen LogP contribution in [0.15, 0.2) is 78.9 Å². The van der Waals surface area contributed by atoms with Gasteiger partial charge in [0.1, 0.15) is 0 Å². The molecule has 2 amide bonds. The molecule has 4 heteroatoms. The Morgan fingerprint density at radius 3 is 2.25 bits per heavy atom. The topological polar surface area (TPSA) is 40.6 Å². The van der Waals surface area contributed by atoms with Crippen molar-refractivity contribution in [3.63, 3.8) is 0 Å². The van der Waals surface area contributed by atoms with Crippen LogP contribution >= 0.6 is 0 Å². The maximum atomic E-state index is 12.9. The van der Waals surface area contributed by atoms with Gasteiger partial charge in [-0.3, -0.25) is 9.59 Å². The van der Waals surface area contributed by atoms with Crippen LogP contribution in [0.4, 0.5) is 5.69 Å². The summed E-state index contributed by atoms with van der Waals surface area (Å²) in [4.78, 5) is 29.1. The van der Waals surface area contributed by atoms with Crippen LogP contribution in [0.2, 0.25) is 0 Å². The van der Waals surface area contributed by atoms with E-state index in [0.717, 1.165) is 17.7 Å². The summed E-state index contributed by atoms with van der Waals surface area (Å²) in [6.45, 7) is 1.24. The normalized spacial score (nSPS) is 12.5. The average Bonchev–Trinajstić information content (AvgIpc) is 3.17. The van der Waals surface area contributed by atoms with Crippen LogP contribution in [0.25, 0.3) is 0 Å². The minimum Gasteiger partial charge on any atom is -0.337 e. The molecule has 0 spiro atoms. The quantitative estimate of drug-likeness (QED) is 0.692. The molecule has 0 saturated carbocycles. The summed E-state index contributed by atoms with van der Waals surface area (Å²) in [6.07, 6.45) is 0.878. The molecule has 0 radical (unpaired) electrons. The lowest BCUT2D eigenvalue weighted by atomic mass is 10.1. The van der Waals surface area contributed by atoms with Crippen molar-refractivity contribution >= 4 is 17.5 Å². The van der Waals surface area contributed by atoms with Gasteiger partial charge in [-0.1, -0.05) is 48.5 Å². The lowest BCUT2D eigenvalue weighted by Crippen LogP contribution is -2.29. The maximum Gasteiger partial charge on any atom is 0.258 e. The van der Waals surface area contributed by atoms with E-state index < -0.39 is 0 Å². The van der Waals surface area contributed by atoms with Gasteiger partial charge in [0.15, 0.2) is 0 Å². The first-order chi connectivity index (χ1) is 13.6. The largest absolute Gasteiger partial charge is 0.337 e. The second-order valence-electron chi connectivity index (χ2n) is 7.06. The number of hydrogen-bond acceptors (Lipinski definition) is 2. The highest BCUT2D eigenvalue weighted by molar-refractivity contribution is 6.07. The number of nitrogens with zero attached hydrogens (tertiary/aromatic N) is 2. The van der Waals surface area contributed by atoms with Crippen LogP contribution in [0.5, 0.6) is 0 Å². The summed E-state index contributed by atoms with van der Waals surface area (Å²) in [6, 6.07) is 24.8. The summed E-state index contributed by atoms with van der Waals surface area (Å²) < 4.78 is 0. The Morgan fingerprint density at radius 2 is 1.50 bits per heavy atom. The van der Waals surface area contributed by atoms with Crippen LogP contribution in [0.3, 0.4) is 0 Å². The Labute approximate surface area is 165 Å². The van der Waals surface area contributed by atoms with Crippen molar-refractivity contribution in [2.75, 3.05) is 18.5 Å². The number of carbonyl (C=O) groups excluding carboxylic acids is 2. The van der Waals surface area contributed by atoms with Crippen LogP contribution in [0.1, 0.15) is 31.8 Å². The zero-order chi connectivity index (χ0) is 19.5. The third-order valence-corrected chi connectivity index (χ3v) is 5.12. The molecule has 0 unspecified atom stereocenters. The number of amides is 2. The molecule has 1 aliphatic rings. The zero-order valence-corrected chi connectivity index (χ0v) is 15.8. The Hall–Kier alpha value is -3.40. The molecule has 0 bridgehead atoms. The van der Waals surface area contributed by atoms with E-state index in [1.54, 1.807) is 36.2 Å². The maximum absolute atomic E-state index is 12.9. The van der Waals surface area contributed by atoms with Crippen LogP contribution < -0.4 is 4.90 Å². The monoisotopic (exact) mass is 370 g/mol. The van der Waals surface area contributed by atoms with Gasteiger partial charge >= 0.3 is 0 Å². The first kappa shape index (κ1) is 18.0. The van der Waals surface area contributed by atoms with Crippen molar-refractivity contribution in [1.29, 1.82) is 0 Å². The van der Waals surface area contributed by atoms with Crippen molar-refractivity contribution in [3.8, 4) is 0 Å². The van der Waals surface area contributed by atoms with Gasteiger partial charge < -0.3 is 9.80 Å². The van der Waals surface area contributed by atoms with E-state index in [1.165, 1.54) is 5.56 Å². The van der Waals surface area contributed by atoms with E-state index in [2.05, 4.69) is 6.07 Å². The molecular weight excluding hydrogens is 348 g/mol. The molecule has 4 nitrogen and oxygen atoms in total. The first-order valence-corrected chi connectivity index (χ1v) is 9.43. The molecule has 0 N–H and O–H groups in total. The molecule has 1 heterocycles. The number of rotatable bonds is 4. The first-order valence-electron chi connectivity index (χ1n) is 9.43. The number of fused-ring (bicyclic) bond motifs is 1. The van der Waals surface area contributed by atoms with Gasteiger partial charge in [0, 0.05) is 37.0 Å². The molecule has 140 valence electrons. The summed E-state index contributed by atoms with van der Waals surface area (Å²) in [5.41, 5.74) is 4.44. The van der Waals surface area contributed by atoms with Crippen LogP contribution in [0, 0.1) is 0 Å². The molecular formula is C24H22N2O2. The predicted molar refractivity (Wildman–Crippen MR) is 111 cm³/mol. The van der Waals surface area contributed by atoms with Crippen molar-refractivity contribution in [1.82, 2.24) is 4.90 Å². The zero-order valence-electron chi connectivity index (χ0n) is 15.8. The van der Waals surface area contributed by atoms with E-state index in [-0.39, 0.29) is 11.8 Å². The molecule has 4 rings (SSSR count). The molecule has 1 aliphatic heterocycles. The third-order valence-electron chi connectivity index (χ3n) is 5.12. The minimum atomic E-state index is -0.0608. The summed E-state index contributed by atoms with van der Waals surface area (Å²) in [7, 11) is 1.79. The van der Waals surface area contributed by atoms with E-state index in [9.17, 15) is 9.59 Å². The Balaban J connectivity index is 1.46. The fourth-order valence-corrected chi connectivity index (χ4v) is 3.61. The smallest absolute Gasteiger partial charge is 0.258 e. The van der Waals surface area contributed by atoms with E-state index in [1.807, 2.05) is 53.4 Å². The fourth-order valence-electron chi connectivity index (χ4n) is 3.61. The van der Waals surface area contributed by atoms with Gasteiger partial charge in [-0.15, -0.1) is 0 Å². The number of anilines is 1. The van der Waals surface area contributed by atoms with E-state index in [0.29, 0.717) is 24.2 Å². The standard InChI is InChI=1S/C24H22N2O2/c1-25(17-18-7-3-2-4-8-18)23(27)20-11-13-21(14-12-20)24(28)26-16-15-19-9-5-6-10-22(19)26/h2-14H,15-17H2,1H3. The van der Waals surface area contributed by atoms with Crippen molar-refractivity contribution in [2.24, 2.45) is 0 Å². The molecule has 0 aliphatic carbocycles. The molecule has 3 aromatic carbocycles. The second kappa shape index (κ2) is 7.69. The number of para-hydroxylation sites is 1. The lowest BCUT2D eigenvalue weighted by Gasteiger charge is -2.19. The Bertz CT molecular complexity index is 997. The van der Waals surface area contributed by atoms with Gasteiger partial charge in [0.25, 0.3) is 11.8 Å². The minimum absolute atomic E-state index is 0.0263. The number of hydrogen-bond donors (Lipinski definition) is 0. The predicted octanol–water partition coefficient (Wildman–Crippen LogP) is 4.16. The number of benzene rings is 3. The van der Waals surface area contributed by atoms with Gasteiger partial charge in [-0.2, -0.15) is 0 Å². The number of carbonyl (C=O) groups is 2. The van der Waals surface area contributed by atoms with Crippen molar-refractivity contribution in [3.05, 3.63) is 101 Å². The third kappa shape index (κ3) is 3.54. The SMILES string of the molecule is CN(Cc1ccccc1)C(=O)c1ccc(C(=O)N2CCc3ccccc32)cc1. The van der Waals surface area contributed by atoms with E-state index >= 15 is 0 Å². The van der Waals surface area contributed by atoms with Gasteiger partial charge in [-0.05, 0) is 47.9 Å². The molecule has 0 atom stereocenters. The van der Waals surface area contributed by atoms with Crippen LogP contribution in [-0.2, 0) is 13.0 Å². The van der Waals surface area contributed by atoms with E-state index in [4.69, 9.17) is 0 Å². The van der Waals surface area contributed by atoms with Gasteiger partial charge in [0.05, 0.1) is 0 Å². The van der Waals surface area contributed by atoms with Gasteiger partial charge in [0.2, 0.25) is 0 Å². The average molecular weight is 370 g/mol. The van der Waals surface area contributed by atoms with Crippen LogP contribution in [-0.4, -0.2) is 30.3 Å². The highest BCUT2D eigenvalue weighted by Gasteiger charge is 2.25. The lowest BCUT2D eigenvalue weighted by molar-refractivity contribution is 0.0784. The Morgan fingerprint density at radius 1 is 0.857 bits per heavy atom. The molecule has 28 heavy (non-hydrogen) atoms. The second-order valence-corrected chi connectivity index (χ2v) is 7.06. The van der Waals surface area contributed by atoms with Crippen molar-refractivity contribution in [2.45, 2.75) is 13.0 Å². The summed E-state index contributed by atoms with van der Waals surface area (Å²) in [5.74, 6) is -0.0871. The Kier molecular flexibility index (Phi) is 4.94.